The van der Waals surface area contributed by atoms with Crippen molar-refractivity contribution in [2.24, 2.45) is 0 Å². The van der Waals surface area contributed by atoms with Crippen molar-refractivity contribution >= 4 is 17.5 Å². The van der Waals surface area contributed by atoms with Gasteiger partial charge < -0.3 is 9.15 Å². The predicted molar refractivity (Wildman–Crippen MR) is 70.2 cm³/mol. The lowest BCUT2D eigenvalue weighted by Crippen LogP contribution is -2.00. The highest BCUT2D eigenvalue weighted by molar-refractivity contribution is 6.23. The second-order valence-electron chi connectivity index (χ2n) is 4.74. The number of furan rings is 1. The molecule has 1 aliphatic heterocycles. The number of ether oxygens (including phenoxy) is 1. The first kappa shape index (κ1) is 13.8. The van der Waals surface area contributed by atoms with E-state index in [4.69, 9.17) is 4.42 Å². The molecule has 0 amide bonds. The number of nitriles is 1. The molecule has 0 bridgehead atoms. The van der Waals surface area contributed by atoms with Crippen LogP contribution < -0.4 is 0 Å². The molecule has 0 aliphatic carbocycles. The van der Waals surface area contributed by atoms with E-state index in [1.54, 1.807) is 33.8 Å². The van der Waals surface area contributed by atoms with Crippen LogP contribution in [-0.2, 0) is 14.3 Å². The molecule has 5 heteroatoms. The van der Waals surface area contributed by atoms with E-state index in [0.717, 1.165) is 0 Å². The van der Waals surface area contributed by atoms with Gasteiger partial charge in [-0.05, 0) is 33.8 Å². The van der Waals surface area contributed by atoms with E-state index in [9.17, 15) is 14.9 Å². The molecule has 1 aromatic heterocycles. The molecule has 0 N–H and O–H groups in total. The quantitative estimate of drug-likeness (QED) is 0.339. The molecule has 2 heterocycles. The largest absolute Gasteiger partial charge is 0.466 e. The van der Waals surface area contributed by atoms with Crippen molar-refractivity contribution in [1.82, 2.24) is 0 Å². The Morgan fingerprint density at radius 1 is 1.15 bits per heavy atom. The average molecular weight is 271 g/mol. The smallest absolute Gasteiger partial charge is 0.348 e. The number of cyclic esters (lactones) is 2. The second kappa shape index (κ2) is 4.82. The van der Waals surface area contributed by atoms with E-state index in [2.05, 4.69) is 4.74 Å². The van der Waals surface area contributed by atoms with Crippen molar-refractivity contribution in [3.05, 3.63) is 39.9 Å². The number of aryl methyl sites for hydroxylation is 2. The fourth-order valence-corrected chi connectivity index (χ4v) is 2.20. The molecule has 0 radical (unpaired) electrons. The fraction of sp³-hybridized carbons (Fsp3) is 0.267. The van der Waals surface area contributed by atoms with Crippen LogP contribution in [0.5, 0.6) is 0 Å². The van der Waals surface area contributed by atoms with Crippen LogP contribution in [0.25, 0.3) is 5.57 Å². The van der Waals surface area contributed by atoms with Gasteiger partial charge in [-0.2, -0.15) is 5.26 Å². The maximum Gasteiger partial charge on any atom is 0.348 e. The number of carbonyl (C=O) groups excluding carboxylic acids is 2. The molecule has 1 aromatic rings. The van der Waals surface area contributed by atoms with Gasteiger partial charge in [-0.15, -0.1) is 0 Å². The van der Waals surface area contributed by atoms with Crippen LogP contribution >= 0.6 is 0 Å². The number of carbonyl (C=O) groups is 2. The summed E-state index contributed by atoms with van der Waals surface area (Å²) in [6, 6.07) is 3.65. The average Bonchev–Trinajstić information content (AvgIpc) is 2.81. The van der Waals surface area contributed by atoms with Crippen molar-refractivity contribution in [2.45, 2.75) is 27.7 Å². The molecule has 5 nitrogen and oxygen atoms in total. The van der Waals surface area contributed by atoms with Gasteiger partial charge >= 0.3 is 11.9 Å². The Morgan fingerprint density at radius 2 is 1.75 bits per heavy atom. The Balaban J connectivity index is 2.79. The first-order valence-electron chi connectivity index (χ1n) is 6.03. The van der Waals surface area contributed by atoms with Crippen LogP contribution in [0.15, 0.2) is 27.2 Å². The highest BCUT2D eigenvalue weighted by Crippen LogP contribution is 2.34. The van der Waals surface area contributed by atoms with E-state index in [1.807, 2.05) is 6.07 Å². The molecule has 0 aromatic carbocycles. The molecule has 1 saturated heterocycles. The summed E-state index contributed by atoms with van der Waals surface area (Å²) in [7, 11) is 0. The summed E-state index contributed by atoms with van der Waals surface area (Å²) in [5, 5.41) is 9.39. The summed E-state index contributed by atoms with van der Waals surface area (Å²) in [4.78, 5) is 23.6. The van der Waals surface area contributed by atoms with E-state index < -0.39 is 11.9 Å². The summed E-state index contributed by atoms with van der Waals surface area (Å²) >= 11 is 0. The van der Waals surface area contributed by atoms with Gasteiger partial charge in [-0.25, -0.2) is 9.59 Å². The third-order valence-corrected chi connectivity index (χ3v) is 3.02. The van der Waals surface area contributed by atoms with Gasteiger partial charge in [0.15, 0.2) is 0 Å². The Labute approximate surface area is 116 Å². The molecule has 0 saturated carbocycles. The first-order chi connectivity index (χ1) is 9.36. The molecular formula is C15H13NO4. The number of esters is 2. The predicted octanol–water partition coefficient (Wildman–Crippen LogP) is 2.59. The maximum atomic E-state index is 11.9. The third kappa shape index (κ3) is 2.05. The van der Waals surface area contributed by atoms with Crippen LogP contribution in [-0.4, -0.2) is 11.9 Å². The number of hydrogen-bond donors (Lipinski definition) is 0. The van der Waals surface area contributed by atoms with Gasteiger partial charge in [0.05, 0.1) is 16.7 Å². The van der Waals surface area contributed by atoms with Crippen LogP contribution in [0.3, 0.4) is 0 Å². The minimum Gasteiger partial charge on any atom is -0.466 e. The minimum atomic E-state index is -0.791. The second-order valence-corrected chi connectivity index (χ2v) is 4.74. The SMILES string of the molecule is CC(C)=C1C(=O)OC(=O)/C1=C(/C#N)c1cc(C)oc1C. The zero-order valence-electron chi connectivity index (χ0n) is 11.7. The summed E-state index contributed by atoms with van der Waals surface area (Å²) in [5.74, 6) is -0.356. The molecular weight excluding hydrogens is 258 g/mol. The Morgan fingerprint density at radius 3 is 2.20 bits per heavy atom. The van der Waals surface area contributed by atoms with Crippen molar-refractivity contribution in [1.29, 1.82) is 5.26 Å². The van der Waals surface area contributed by atoms with Gasteiger partial charge in [0, 0.05) is 5.56 Å². The number of hydrogen-bond acceptors (Lipinski definition) is 5. The summed E-state index contributed by atoms with van der Waals surface area (Å²) in [6.45, 7) is 6.83. The lowest BCUT2D eigenvalue weighted by Gasteiger charge is -2.01. The zero-order chi connectivity index (χ0) is 15.0. The van der Waals surface area contributed by atoms with Crippen molar-refractivity contribution in [3.8, 4) is 6.07 Å². The Hall–Kier alpha value is -2.61. The standard InChI is InChI=1S/C15H13NO4/c1-7(2)12-13(15(18)20-14(12)17)11(6-16)10-5-8(3)19-9(10)4/h5H,1-4H3/b13-11-. The lowest BCUT2D eigenvalue weighted by atomic mass is 9.94. The van der Waals surface area contributed by atoms with Gasteiger partial charge in [0.2, 0.25) is 0 Å². The normalized spacial score (nSPS) is 17.1. The van der Waals surface area contributed by atoms with Gasteiger partial charge in [-0.1, -0.05) is 5.57 Å². The summed E-state index contributed by atoms with van der Waals surface area (Å²) in [5.41, 5.74) is 1.41. The first-order valence-corrected chi connectivity index (χ1v) is 6.03. The highest BCUT2D eigenvalue weighted by atomic mass is 16.6. The van der Waals surface area contributed by atoms with Gasteiger partial charge in [0.1, 0.15) is 17.6 Å². The number of allylic oxidation sites excluding steroid dienone is 2. The van der Waals surface area contributed by atoms with Gasteiger partial charge in [-0.3, -0.25) is 0 Å². The van der Waals surface area contributed by atoms with Crippen molar-refractivity contribution < 1.29 is 18.7 Å². The third-order valence-electron chi connectivity index (χ3n) is 3.02. The monoisotopic (exact) mass is 271 g/mol. The van der Waals surface area contributed by atoms with E-state index >= 15 is 0 Å². The molecule has 2 rings (SSSR count). The van der Waals surface area contributed by atoms with Crippen LogP contribution in [0.4, 0.5) is 0 Å². The summed E-state index contributed by atoms with van der Waals surface area (Å²) < 4.78 is 10.00. The fourth-order valence-electron chi connectivity index (χ4n) is 2.20. The van der Waals surface area contributed by atoms with Gasteiger partial charge in [0.25, 0.3) is 0 Å². The highest BCUT2D eigenvalue weighted by Gasteiger charge is 2.38. The van der Waals surface area contributed by atoms with E-state index in [1.165, 1.54) is 0 Å². The van der Waals surface area contributed by atoms with Crippen LogP contribution in [0, 0.1) is 25.2 Å². The minimum absolute atomic E-state index is 0.0152. The molecule has 102 valence electrons. The molecule has 0 unspecified atom stereocenters. The molecule has 1 fully saturated rings. The van der Waals surface area contributed by atoms with Crippen molar-refractivity contribution in [3.63, 3.8) is 0 Å². The Bertz CT molecular complexity index is 722. The van der Waals surface area contributed by atoms with E-state index in [0.29, 0.717) is 22.7 Å². The zero-order valence-corrected chi connectivity index (χ0v) is 11.7. The topological polar surface area (TPSA) is 80.3 Å². The number of nitrogens with zero attached hydrogens (tertiary/aromatic N) is 1. The lowest BCUT2D eigenvalue weighted by molar-refractivity contribution is -0.149. The van der Waals surface area contributed by atoms with Crippen LogP contribution in [0.2, 0.25) is 0 Å². The summed E-state index contributed by atoms with van der Waals surface area (Å²) in [6.07, 6.45) is 0. The molecule has 20 heavy (non-hydrogen) atoms. The molecule has 0 spiro atoms. The Kier molecular flexibility index (Phi) is 3.33. The van der Waals surface area contributed by atoms with Crippen LogP contribution in [0.1, 0.15) is 30.9 Å². The maximum absolute atomic E-state index is 11.9. The molecule has 0 atom stereocenters. The molecule has 1 aliphatic rings. The number of rotatable bonds is 1. The van der Waals surface area contributed by atoms with Crippen molar-refractivity contribution in [2.75, 3.05) is 0 Å². The van der Waals surface area contributed by atoms with E-state index in [-0.39, 0.29) is 16.7 Å².